The number of hydrogen-bond acceptors (Lipinski definition) is 3. The lowest BCUT2D eigenvalue weighted by Gasteiger charge is -2.36. The van der Waals surface area contributed by atoms with Crippen LogP contribution in [0.5, 0.6) is 0 Å². The Morgan fingerprint density at radius 2 is 2.10 bits per heavy atom. The van der Waals surface area contributed by atoms with E-state index in [4.69, 9.17) is 0 Å². The number of carbonyl (C=O) groups excluding carboxylic acids is 1. The molecule has 0 aromatic heterocycles. The van der Waals surface area contributed by atoms with Gasteiger partial charge in [0.25, 0.3) is 0 Å². The Kier molecular flexibility index (Phi) is 6.14. The molecule has 0 heterocycles. The van der Waals surface area contributed by atoms with E-state index in [1.807, 2.05) is 19.1 Å². The minimum atomic E-state index is -0.384. The van der Waals surface area contributed by atoms with E-state index in [9.17, 15) is 9.90 Å². The van der Waals surface area contributed by atoms with Crippen molar-refractivity contribution in [3.05, 3.63) is 28.2 Å². The lowest BCUT2D eigenvalue weighted by Crippen LogP contribution is -2.53. The molecule has 3 nitrogen and oxygen atoms in total. The molecule has 2 N–H and O–H groups in total. The van der Waals surface area contributed by atoms with E-state index in [1.54, 1.807) is 11.8 Å². The van der Waals surface area contributed by atoms with Gasteiger partial charge in [-0.05, 0) is 43.5 Å². The molecule has 1 fully saturated rings. The van der Waals surface area contributed by atoms with Gasteiger partial charge in [-0.15, -0.1) is 11.8 Å². The first-order valence-corrected chi connectivity index (χ1v) is 9.13. The predicted octanol–water partition coefficient (Wildman–Crippen LogP) is 3.66. The van der Waals surface area contributed by atoms with Gasteiger partial charge in [-0.25, -0.2) is 0 Å². The summed E-state index contributed by atoms with van der Waals surface area (Å²) in [5.41, 5.74) is 0.779. The molecule has 21 heavy (non-hydrogen) atoms. The van der Waals surface area contributed by atoms with E-state index >= 15 is 0 Å². The third-order valence-corrected chi connectivity index (χ3v) is 5.68. The molecule has 1 aromatic carbocycles. The van der Waals surface area contributed by atoms with Crippen LogP contribution in [0.1, 0.15) is 37.7 Å². The van der Waals surface area contributed by atoms with E-state index in [1.165, 1.54) is 6.42 Å². The number of rotatable bonds is 5. The molecule has 116 valence electrons. The van der Waals surface area contributed by atoms with Gasteiger partial charge in [0.15, 0.2) is 0 Å². The summed E-state index contributed by atoms with van der Waals surface area (Å²) in [5.74, 6) is 0.405. The monoisotopic (exact) mass is 371 g/mol. The number of hydrogen-bond donors (Lipinski definition) is 2. The van der Waals surface area contributed by atoms with Crippen LogP contribution in [0.2, 0.25) is 0 Å². The van der Waals surface area contributed by atoms with Crippen LogP contribution in [0.3, 0.4) is 0 Å². The number of aryl methyl sites for hydroxylation is 1. The number of benzene rings is 1. The quantitative estimate of drug-likeness (QED) is 0.776. The summed E-state index contributed by atoms with van der Waals surface area (Å²) >= 11 is 4.99. The zero-order valence-electron chi connectivity index (χ0n) is 12.3. The van der Waals surface area contributed by atoms with Gasteiger partial charge in [0.2, 0.25) is 5.91 Å². The fourth-order valence-electron chi connectivity index (χ4n) is 2.80. The molecule has 0 aliphatic heterocycles. The number of amides is 1. The van der Waals surface area contributed by atoms with Crippen LogP contribution in [0.25, 0.3) is 0 Å². The van der Waals surface area contributed by atoms with Crippen LogP contribution in [0, 0.1) is 6.92 Å². The van der Waals surface area contributed by atoms with Crippen LogP contribution >= 0.6 is 27.7 Å². The van der Waals surface area contributed by atoms with Gasteiger partial charge < -0.3 is 10.4 Å². The van der Waals surface area contributed by atoms with Gasteiger partial charge >= 0.3 is 0 Å². The zero-order chi connectivity index (χ0) is 15.3. The Hall–Kier alpha value is -0.520. The van der Waals surface area contributed by atoms with E-state index in [0.717, 1.165) is 40.6 Å². The molecule has 0 unspecified atom stereocenters. The van der Waals surface area contributed by atoms with Gasteiger partial charge in [0.05, 0.1) is 17.9 Å². The van der Waals surface area contributed by atoms with E-state index in [0.29, 0.717) is 5.75 Å². The molecule has 1 aliphatic carbocycles. The molecule has 0 atom stereocenters. The zero-order valence-corrected chi connectivity index (χ0v) is 14.7. The molecule has 0 bridgehead atoms. The van der Waals surface area contributed by atoms with Gasteiger partial charge in [-0.3, -0.25) is 4.79 Å². The summed E-state index contributed by atoms with van der Waals surface area (Å²) in [6, 6.07) is 6.07. The van der Waals surface area contributed by atoms with Crippen molar-refractivity contribution in [2.45, 2.75) is 49.5 Å². The average molecular weight is 372 g/mol. The molecule has 1 saturated carbocycles. The largest absolute Gasteiger partial charge is 0.394 e. The molecular weight excluding hydrogens is 350 g/mol. The molecule has 0 saturated heterocycles. The van der Waals surface area contributed by atoms with Crippen LogP contribution in [-0.2, 0) is 4.79 Å². The fraction of sp³-hybridized carbons (Fsp3) is 0.562. The van der Waals surface area contributed by atoms with E-state index in [-0.39, 0.29) is 18.1 Å². The second-order valence-electron chi connectivity index (χ2n) is 5.75. The first-order chi connectivity index (χ1) is 10.0. The Bertz CT molecular complexity index is 501. The molecule has 1 aliphatic rings. The number of nitrogens with one attached hydrogen (secondary N) is 1. The maximum atomic E-state index is 12.2. The summed E-state index contributed by atoms with van der Waals surface area (Å²) < 4.78 is 1.05. The second-order valence-corrected chi connectivity index (χ2v) is 7.68. The minimum absolute atomic E-state index is 0.0123. The van der Waals surface area contributed by atoms with Crippen LogP contribution < -0.4 is 5.32 Å². The first kappa shape index (κ1) is 16.8. The lowest BCUT2D eigenvalue weighted by molar-refractivity contribution is -0.121. The van der Waals surface area contributed by atoms with Crippen molar-refractivity contribution in [3.8, 4) is 0 Å². The Morgan fingerprint density at radius 3 is 2.71 bits per heavy atom. The van der Waals surface area contributed by atoms with Gasteiger partial charge in [0.1, 0.15) is 0 Å². The normalized spacial score (nSPS) is 17.5. The molecular formula is C16H22BrNO2S. The molecule has 0 spiro atoms. The van der Waals surface area contributed by atoms with Crippen molar-refractivity contribution in [3.63, 3.8) is 0 Å². The van der Waals surface area contributed by atoms with E-state index in [2.05, 4.69) is 27.3 Å². The summed E-state index contributed by atoms with van der Waals surface area (Å²) in [5, 5.41) is 12.7. The van der Waals surface area contributed by atoms with Crippen molar-refractivity contribution in [1.82, 2.24) is 5.32 Å². The fourth-order valence-corrected chi connectivity index (χ4v) is 4.09. The predicted molar refractivity (Wildman–Crippen MR) is 90.6 cm³/mol. The highest BCUT2D eigenvalue weighted by molar-refractivity contribution is 9.10. The number of carbonyl (C=O) groups is 1. The van der Waals surface area contributed by atoms with Crippen LogP contribution in [0.15, 0.2) is 27.6 Å². The Labute approximate surface area is 139 Å². The summed E-state index contributed by atoms with van der Waals surface area (Å²) in [6.07, 6.45) is 5.14. The number of thioether (sulfide) groups is 1. The standard InChI is InChI=1S/C16H22BrNO2S/c1-12-9-13(17)5-6-14(12)21-10-15(20)18-16(11-19)7-3-2-4-8-16/h5-6,9,19H,2-4,7-8,10-11H2,1H3,(H,18,20). The number of aliphatic hydroxyl groups excluding tert-OH is 1. The minimum Gasteiger partial charge on any atom is -0.394 e. The topological polar surface area (TPSA) is 49.3 Å². The summed E-state index contributed by atoms with van der Waals surface area (Å²) in [4.78, 5) is 13.3. The molecule has 2 rings (SSSR count). The highest BCUT2D eigenvalue weighted by Crippen LogP contribution is 2.29. The summed E-state index contributed by atoms with van der Waals surface area (Å²) in [6.45, 7) is 2.09. The number of halogens is 1. The van der Waals surface area contributed by atoms with Gasteiger partial charge in [-0.1, -0.05) is 35.2 Å². The van der Waals surface area contributed by atoms with Crippen molar-refractivity contribution in [2.24, 2.45) is 0 Å². The van der Waals surface area contributed by atoms with Crippen molar-refractivity contribution in [1.29, 1.82) is 0 Å². The SMILES string of the molecule is Cc1cc(Br)ccc1SCC(=O)NC1(CO)CCCCC1. The second kappa shape index (κ2) is 7.65. The van der Waals surface area contributed by atoms with Gasteiger partial charge in [0, 0.05) is 9.37 Å². The van der Waals surface area contributed by atoms with Crippen molar-refractivity contribution >= 4 is 33.6 Å². The smallest absolute Gasteiger partial charge is 0.230 e. The highest BCUT2D eigenvalue weighted by Gasteiger charge is 2.32. The van der Waals surface area contributed by atoms with Crippen LogP contribution in [-0.4, -0.2) is 28.9 Å². The maximum absolute atomic E-state index is 12.2. The molecule has 5 heteroatoms. The Morgan fingerprint density at radius 1 is 1.38 bits per heavy atom. The lowest BCUT2D eigenvalue weighted by atomic mass is 9.82. The molecule has 1 amide bonds. The average Bonchev–Trinajstić information content (AvgIpc) is 2.47. The third kappa shape index (κ3) is 4.73. The maximum Gasteiger partial charge on any atom is 0.230 e. The third-order valence-electron chi connectivity index (χ3n) is 4.01. The highest BCUT2D eigenvalue weighted by atomic mass is 79.9. The molecule has 1 aromatic rings. The Balaban J connectivity index is 1.89. The summed E-state index contributed by atoms with van der Waals surface area (Å²) in [7, 11) is 0. The number of aliphatic hydroxyl groups is 1. The van der Waals surface area contributed by atoms with E-state index < -0.39 is 0 Å². The molecule has 0 radical (unpaired) electrons. The van der Waals surface area contributed by atoms with Crippen molar-refractivity contribution < 1.29 is 9.90 Å². The van der Waals surface area contributed by atoms with Gasteiger partial charge in [-0.2, -0.15) is 0 Å². The van der Waals surface area contributed by atoms with Crippen LogP contribution in [0.4, 0.5) is 0 Å². The van der Waals surface area contributed by atoms with Crippen molar-refractivity contribution in [2.75, 3.05) is 12.4 Å². The first-order valence-electron chi connectivity index (χ1n) is 7.35.